The van der Waals surface area contributed by atoms with Crippen LogP contribution in [0.5, 0.6) is 0 Å². The summed E-state index contributed by atoms with van der Waals surface area (Å²) in [6, 6.07) is 18.5. The van der Waals surface area contributed by atoms with Gasteiger partial charge in [-0.05, 0) is 36.1 Å². The van der Waals surface area contributed by atoms with Crippen molar-refractivity contribution in [2.45, 2.75) is 12.3 Å². The molecule has 0 saturated heterocycles. The Morgan fingerprint density at radius 1 is 0.962 bits per heavy atom. The number of carbonyl (C=O) groups is 2. The highest BCUT2D eigenvalue weighted by atomic mass is 35.5. The molecule has 3 aromatic rings. The Bertz CT molecular complexity index is 1010. The number of benzene rings is 2. The molecule has 2 amide bonds. The van der Waals surface area contributed by atoms with Gasteiger partial charge in [0, 0.05) is 16.3 Å². The van der Waals surface area contributed by atoms with Gasteiger partial charge in [-0.25, -0.2) is 4.98 Å². The molecule has 0 radical (unpaired) electrons. The van der Waals surface area contributed by atoms with Crippen LogP contribution >= 0.6 is 11.6 Å². The molecule has 130 valence electrons. The molecule has 6 heteroatoms. The molecule has 2 aromatic carbocycles. The zero-order valence-corrected chi connectivity index (χ0v) is 14.5. The summed E-state index contributed by atoms with van der Waals surface area (Å²) in [7, 11) is 0. The molecule has 2 N–H and O–H groups in total. The van der Waals surface area contributed by atoms with Gasteiger partial charge in [-0.2, -0.15) is 0 Å². The van der Waals surface area contributed by atoms with E-state index in [9.17, 15) is 9.59 Å². The average molecular weight is 366 g/mol. The topological polar surface area (TPSA) is 71.1 Å². The minimum atomic E-state index is -0.445. The van der Waals surface area contributed by atoms with Gasteiger partial charge in [-0.15, -0.1) is 0 Å². The minimum absolute atomic E-state index is 0.0967. The van der Waals surface area contributed by atoms with E-state index in [1.807, 2.05) is 54.6 Å². The lowest BCUT2D eigenvalue weighted by Crippen LogP contribution is -2.42. The Morgan fingerprint density at radius 3 is 2.58 bits per heavy atom. The third-order valence-corrected chi connectivity index (χ3v) is 4.91. The smallest absolute Gasteiger partial charge is 0.273 e. The van der Waals surface area contributed by atoms with Gasteiger partial charge in [0.05, 0.1) is 5.52 Å². The molecule has 0 spiro atoms. The van der Waals surface area contributed by atoms with Crippen LogP contribution in [0.2, 0.25) is 5.02 Å². The number of aromatic nitrogens is 1. The molecule has 0 aliphatic heterocycles. The quantitative estimate of drug-likeness (QED) is 0.698. The molecule has 0 bridgehead atoms. The van der Waals surface area contributed by atoms with Gasteiger partial charge in [0.15, 0.2) is 0 Å². The van der Waals surface area contributed by atoms with Gasteiger partial charge in [-0.3, -0.25) is 20.4 Å². The number of nitrogens with one attached hydrogen (secondary N) is 2. The van der Waals surface area contributed by atoms with Crippen LogP contribution in [0.15, 0.2) is 60.7 Å². The predicted molar refractivity (Wildman–Crippen MR) is 99.7 cm³/mol. The molecule has 26 heavy (non-hydrogen) atoms. The molecule has 4 rings (SSSR count). The lowest BCUT2D eigenvalue weighted by atomic mass is 10.1. The Labute approximate surface area is 155 Å². The second-order valence-corrected chi connectivity index (χ2v) is 6.71. The van der Waals surface area contributed by atoms with E-state index in [0.717, 1.165) is 22.9 Å². The number of para-hydroxylation sites is 1. The molecule has 1 aromatic heterocycles. The number of carbonyl (C=O) groups excluding carboxylic acids is 2. The van der Waals surface area contributed by atoms with Gasteiger partial charge in [-0.1, -0.05) is 54.1 Å². The highest BCUT2D eigenvalue weighted by molar-refractivity contribution is 6.31. The third kappa shape index (κ3) is 3.26. The van der Waals surface area contributed by atoms with Crippen molar-refractivity contribution in [3.05, 3.63) is 76.9 Å². The van der Waals surface area contributed by atoms with Gasteiger partial charge in [0.25, 0.3) is 5.91 Å². The number of rotatable bonds is 3. The largest absolute Gasteiger partial charge is 0.288 e. The molecular formula is C20H16ClN3O2. The molecule has 2 atom stereocenters. The average Bonchev–Trinajstić information content (AvgIpc) is 3.46. The first-order chi connectivity index (χ1) is 12.6. The van der Waals surface area contributed by atoms with Gasteiger partial charge >= 0.3 is 0 Å². The highest BCUT2D eigenvalue weighted by Gasteiger charge is 2.44. The van der Waals surface area contributed by atoms with Gasteiger partial charge < -0.3 is 0 Å². The normalized spacial score (nSPS) is 18.3. The first-order valence-electron chi connectivity index (χ1n) is 8.34. The summed E-state index contributed by atoms with van der Waals surface area (Å²) in [5.74, 6) is -0.748. The summed E-state index contributed by atoms with van der Waals surface area (Å²) < 4.78 is 0. The predicted octanol–water partition coefficient (Wildman–Crippen LogP) is 3.45. The van der Waals surface area contributed by atoms with E-state index < -0.39 is 5.91 Å². The molecule has 5 nitrogen and oxygen atoms in total. The van der Waals surface area contributed by atoms with Crippen LogP contribution in [0.1, 0.15) is 28.4 Å². The Kier molecular flexibility index (Phi) is 4.31. The van der Waals surface area contributed by atoms with Crippen molar-refractivity contribution in [1.29, 1.82) is 0 Å². The summed E-state index contributed by atoms with van der Waals surface area (Å²) in [5, 5.41) is 1.62. The number of nitrogens with zero attached hydrogens (tertiary/aromatic N) is 1. The maximum atomic E-state index is 12.3. The zero-order valence-electron chi connectivity index (χ0n) is 13.8. The van der Waals surface area contributed by atoms with Crippen LogP contribution in [0.25, 0.3) is 10.9 Å². The van der Waals surface area contributed by atoms with E-state index in [1.54, 1.807) is 6.07 Å². The first-order valence-corrected chi connectivity index (χ1v) is 8.71. The maximum absolute atomic E-state index is 12.3. The summed E-state index contributed by atoms with van der Waals surface area (Å²) in [6.45, 7) is 0. The van der Waals surface area contributed by atoms with Crippen molar-refractivity contribution in [2.24, 2.45) is 5.92 Å². The molecule has 1 saturated carbocycles. The first kappa shape index (κ1) is 16.5. The van der Waals surface area contributed by atoms with Crippen molar-refractivity contribution >= 4 is 34.3 Å². The van der Waals surface area contributed by atoms with E-state index in [0.29, 0.717) is 5.02 Å². The number of amides is 2. The summed E-state index contributed by atoms with van der Waals surface area (Å²) >= 11 is 6.17. The lowest BCUT2D eigenvalue weighted by Gasteiger charge is -2.08. The molecular weight excluding hydrogens is 350 g/mol. The number of hydrazine groups is 1. The standard InChI is InChI=1S/C20H16ClN3O2/c21-16-7-3-2-6-13(16)14-11-15(14)19(25)23-24-20(26)18-10-9-12-5-1-4-8-17(12)22-18/h1-10,14-15H,11H2,(H,23,25)(H,24,26). The highest BCUT2D eigenvalue weighted by Crippen LogP contribution is 2.49. The second kappa shape index (κ2) is 6.77. The fourth-order valence-electron chi connectivity index (χ4n) is 3.07. The van der Waals surface area contributed by atoms with E-state index in [-0.39, 0.29) is 23.4 Å². The number of pyridine rings is 1. The van der Waals surface area contributed by atoms with Crippen molar-refractivity contribution < 1.29 is 9.59 Å². The zero-order chi connectivity index (χ0) is 18.1. The lowest BCUT2D eigenvalue weighted by molar-refractivity contribution is -0.123. The fourth-order valence-corrected chi connectivity index (χ4v) is 3.35. The fraction of sp³-hybridized carbons (Fsp3) is 0.150. The number of halogens is 1. The van der Waals surface area contributed by atoms with Gasteiger partial charge in [0.2, 0.25) is 5.91 Å². The number of hydrogen-bond acceptors (Lipinski definition) is 3. The molecule has 1 fully saturated rings. The van der Waals surface area contributed by atoms with Gasteiger partial charge in [0.1, 0.15) is 5.69 Å². The van der Waals surface area contributed by atoms with Crippen LogP contribution in [-0.2, 0) is 4.79 Å². The summed E-state index contributed by atoms with van der Waals surface area (Å²) in [4.78, 5) is 28.8. The van der Waals surface area contributed by atoms with Crippen LogP contribution < -0.4 is 10.9 Å². The van der Waals surface area contributed by atoms with Crippen molar-refractivity contribution in [1.82, 2.24) is 15.8 Å². The summed E-state index contributed by atoms with van der Waals surface area (Å²) in [6.07, 6.45) is 0.722. The summed E-state index contributed by atoms with van der Waals surface area (Å²) in [5.41, 5.74) is 6.88. The SMILES string of the molecule is O=C(NNC(=O)C1CC1c1ccccc1Cl)c1ccc2ccccc2n1. The molecule has 1 heterocycles. The number of hydrogen-bond donors (Lipinski definition) is 2. The van der Waals surface area contributed by atoms with Crippen LogP contribution in [0.4, 0.5) is 0 Å². The Balaban J connectivity index is 1.37. The van der Waals surface area contributed by atoms with Crippen molar-refractivity contribution in [3.63, 3.8) is 0 Å². The van der Waals surface area contributed by atoms with E-state index >= 15 is 0 Å². The maximum Gasteiger partial charge on any atom is 0.288 e. The Morgan fingerprint density at radius 2 is 1.73 bits per heavy atom. The van der Waals surface area contributed by atoms with Crippen molar-refractivity contribution in [2.75, 3.05) is 0 Å². The van der Waals surface area contributed by atoms with Crippen LogP contribution in [0.3, 0.4) is 0 Å². The molecule has 2 unspecified atom stereocenters. The van der Waals surface area contributed by atoms with E-state index in [1.165, 1.54) is 0 Å². The molecule has 1 aliphatic rings. The van der Waals surface area contributed by atoms with Crippen molar-refractivity contribution in [3.8, 4) is 0 Å². The monoisotopic (exact) mass is 365 g/mol. The Hall–Kier alpha value is -2.92. The molecule has 1 aliphatic carbocycles. The van der Waals surface area contributed by atoms with Crippen LogP contribution in [0, 0.1) is 5.92 Å². The van der Waals surface area contributed by atoms with E-state index in [2.05, 4.69) is 15.8 Å². The van der Waals surface area contributed by atoms with E-state index in [4.69, 9.17) is 11.6 Å². The van der Waals surface area contributed by atoms with Crippen LogP contribution in [-0.4, -0.2) is 16.8 Å². The second-order valence-electron chi connectivity index (χ2n) is 6.30. The minimum Gasteiger partial charge on any atom is -0.273 e. The third-order valence-electron chi connectivity index (χ3n) is 4.56. The number of fused-ring (bicyclic) bond motifs is 1.